The van der Waals surface area contributed by atoms with E-state index in [1.165, 1.54) is 24.7 Å². The Balaban J connectivity index is 3.64. The SMILES string of the molecule is C=C(C)C(C)(C)[B]CCCC. The van der Waals surface area contributed by atoms with E-state index in [2.05, 4.69) is 41.6 Å². The van der Waals surface area contributed by atoms with Crippen LogP contribution in [0.3, 0.4) is 0 Å². The normalized spacial score (nSPS) is 11.3. The third kappa shape index (κ3) is 4.29. The fraction of sp³-hybridized carbons (Fsp3) is 0.800. The zero-order chi connectivity index (χ0) is 8.91. The van der Waals surface area contributed by atoms with Gasteiger partial charge in [0.05, 0.1) is 0 Å². The topological polar surface area (TPSA) is 0 Å². The Morgan fingerprint density at radius 1 is 1.45 bits per heavy atom. The minimum absolute atomic E-state index is 0.231. The molecule has 0 aromatic carbocycles. The standard InChI is InChI=1S/C10H20B/c1-6-7-8-11-10(4,5)9(2)3/h2,6-8H2,1,3-5H3. The summed E-state index contributed by atoms with van der Waals surface area (Å²) >= 11 is 0. The number of hydrogen-bond donors (Lipinski definition) is 0. The maximum Gasteiger partial charge on any atom is 0.122 e. The molecule has 0 heterocycles. The second-order valence-electron chi connectivity index (χ2n) is 3.85. The van der Waals surface area contributed by atoms with E-state index < -0.39 is 0 Å². The Morgan fingerprint density at radius 2 is 2.00 bits per heavy atom. The summed E-state index contributed by atoms with van der Waals surface area (Å²) in [4.78, 5) is 0. The third-order valence-electron chi connectivity index (χ3n) is 2.31. The van der Waals surface area contributed by atoms with Gasteiger partial charge in [0.25, 0.3) is 0 Å². The van der Waals surface area contributed by atoms with Crippen LogP contribution in [0.1, 0.15) is 40.5 Å². The van der Waals surface area contributed by atoms with Crippen LogP contribution < -0.4 is 0 Å². The van der Waals surface area contributed by atoms with E-state index in [1.54, 1.807) is 0 Å². The number of hydrogen-bond acceptors (Lipinski definition) is 0. The first kappa shape index (κ1) is 10.8. The highest BCUT2D eigenvalue weighted by Crippen LogP contribution is 2.32. The lowest BCUT2D eigenvalue weighted by Crippen LogP contribution is -2.13. The minimum Gasteiger partial charge on any atom is -0.100 e. The highest BCUT2D eigenvalue weighted by molar-refractivity contribution is 6.40. The summed E-state index contributed by atoms with van der Waals surface area (Å²) in [6.07, 6.45) is 3.80. The molecule has 0 fully saturated rings. The van der Waals surface area contributed by atoms with Gasteiger partial charge in [-0.1, -0.05) is 45.5 Å². The Morgan fingerprint density at radius 3 is 2.36 bits per heavy atom. The van der Waals surface area contributed by atoms with E-state index in [0.717, 1.165) is 0 Å². The van der Waals surface area contributed by atoms with Crippen molar-refractivity contribution in [3.8, 4) is 0 Å². The van der Waals surface area contributed by atoms with Crippen molar-refractivity contribution >= 4 is 7.28 Å². The molecule has 0 nitrogen and oxygen atoms in total. The lowest BCUT2D eigenvalue weighted by atomic mass is 9.49. The van der Waals surface area contributed by atoms with Gasteiger partial charge in [0.1, 0.15) is 7.28 Å². The van der Waals surface area contributed by atoms with Gasteiger partial charge >= 0.3 is 0 Å². The van der Waals surface area contributed by atoms with Crippen molar-refractivity contribution in [2.45, 2.75) is 52.2 Å². The quantitative estimate of drug-likeness (QED) is 0.319. The summed E-state index contributed by atoms with van der Waals surface area (Å²) in [6.45, 7) is 12.8. The van der Waals surface area contributed by atoms with Gasteiger partial charge in [-0.15, -0.1) is 6.58 Å². The first-order chi connectivity index (χ1) is 5.00. The average Bonchev–Trinajstić information content (AvgIpc) is 1.88. The highest BCUT2D eigenvalue weighted by atomic mass is 14.1. The van der Waals surface area contributed by atoms with Crippen LogP contribution in [0.5, 0.6) is 0 Å². The van der Waals surface area contributed by atoms with Crippen LogP contribution in [0, 0.1) is 0 Å². The van der Waals surface area contributed by atoms with Crippen LogP contribution in [-0.2, 0) is 0 Å². The largest absolute Gasteiger partial charge is 0.122 e. The molecule has 1 radical (unpaired) electrons. The fourth-order valence-corrected chi connectivity index (χ4v) is 0.841. The first-order valence-electron chi connectivity index (χ1n) is 4.51. The summed E-state index contributed by atoms with van der Waals surface area (Å²) < 4.78 is 0. The lowest BCUT2D eigenvalue weighted by molar-refractivity contribution is 0.769. The molecule has 0 amide bonds. The molecule has 1 heteroatoms. The van der Waals surface area contributed by atoms with Gasteiger partial charge in [-0.05, 0) is 12.2 Å². The monoisotopic (exact) mass is 151 g/mol. The molecule has 0 rings (SSSR count). The fourth-order valence-electron chi connectivity index (χ4n) is 0.841. The van der Waals surface area contributed by atoms with Gasteiger partial charge < -0.3 is 0 Å². The van der Waals surface area contributed by atoms with E-state index in [0.29, 0.717) is 0 Å². The van der Waals surface area contributed by atoms with E-state index in [4.69, 9.17) is 0 Å². The molecule has 0 aliphatic rings. The average molecular weight is 151 g/mol. The van der Waals surface area contributed by atoms with E-state index >= 15 is 0 Å². The molecule has 0 aliphatic carbocycles. The third-order valence-corrected chi connectivity index (χ3v) is 2.31. The van der Waals surface area contributed by atoms with Gasteiger partial charge in [0, 0.05) is 0 Å². The number of rotatable bonds is 5. The Bertz CT molecular complexity index is 125. The number of unbranched alkanes of at least 4 members (excludes halogenated alkanes) is 1. The molecule has 0 spiro atoms. The van der Waals surface area contributed by atoms with Crippen molar-refractivity contribution in [1.29, 1.82) is 0 Å². The van der Waals surface area contributed by atoms with Crippen molar-refractivity contribution < 1.29 is 0 Å². The zero-order valence-electron chi connectivity index (χ0n) is 8.41. The lowest BCUT2D eigenvalue weighted by Gasteiger charge is -2.23. The molecule has 0 aliphatic heterocycles. The molecular formula is C10H20B. The van der Waals surface area contributed by atoms with Crippen molar-refractivity contribution in [3.05, 3.63) is 12.2 Å². The van der Waals surface area contributed by atoms with E-state index in [1.807, 2.05) is 0 Å². The van der Waals surface area contributed by atoms with Gasteiger partial charge in [-0.2, -0.15) is 0 Å². The summed E-state index contributed by atoms with van der Waals surface area (Å²) in [5.41, 5.74) is 1.26. The Kier molecular flexibility index (Phi) is 4.55. The Labute approximate surface area is 72.3 Å². The number of allylic oxidation sites excluding steroid dienone is 1. The molecule has 0 unspecified atom stereocenters. The van der Waals surface area contributed by atoms with Crippen molar-refractivity contribution in [2.75, 3.05) is 0 Å². The molecule has 0 saturated carbocycles. The molecule has 11 heavy (non-hydrogen) atoms. The maximum atomic E-state index is 3.97. The van der Waals surface area contributed by atoms with Crippen LogP contribution >= 0.6 is 0 Å². The second kappa shape index (κ2) is 4.64. The van der Waals surface area contributed by atoms with Gasteiger partial charge in [0.2, 0.25) is 0 Å². The van der Waals surface area contributed by atoms with Crippen molar-refractivity contribution in [3.63, 3.8) is 0 Å². The van der Waals surface area contributed by atoms with Crippen LogP contribution in [0.2, 0.25) is 11.6 Å². The van der Waals surface area contributed by atoms with E-state index in [9.17, 15) is 0 Å². The van der Waals surface area contributed by atoms with Crippen molar-refractivity contribution in [1.82, 2.24) is 0 Å². The van der Waals surface area contributed by atoms with Crippen LogP contribution in [0.25, 0.3) is 0 Å². The first-order valence-corrected chi connectivity index (χ1v) is 4.51. The second-order valence-corrected chi connectivity index (χ2v) is 3.85. The molecule has 0 aromatic heterocycles. The predicted octanol–water partition coefficient (Wildman–Crippen LogP) is 3.68. The zero-order valence-corrected chi connectivity index (χ0v) is 8.41. The van der Waals surface area contributed by atoms with Gasteiger partial charge in [-0.3, -0.25) is 0 Å². The van der Waals surface area contributed by atoms with Gasteiger partial charge in [-0.25, -0.2) is 0 Å². The van der Waals surface area contributed by atoms with Crippen LogP contribution in [-0.4, -0.2) is 7.28 Å². The molecule has 0 aromatic rings. The van der Waals surface area contributed by atoms with Crippen LogP contribution in [0.15, 0.2) is 12.2 Å². The molecule has 0 saturated heterocycles. The van der Waals surface area contributed by atoms with Gasteiger partial charge in [0.15, 0.2) is 0 Å². The molecular weight excluding hydrogens is 131 g/mol. The van der Waals surface area contributed by atoms with E-state index in [-0.39, 0.29) is 5.31 Å². The minimum atomic E-state index is 0.231. The summed E-state index contributed by atoms with van der Waals surface area (Å²) in [5, 5.41) is 0.231. The Hall–Kier alpha value is -0.195. The summed E-state index contributed by atoms with van der Waals surface area (Å²) in [5.74, 6) is 0. The van der Waals surface area contributed by atoms with Crippen molar-refractivity contribution in [2.24, 2.45) is 0 Å². The highest BCUT2D eigenvalue weighted by Gasteiger charge is 2.18. The molecule has 63 valence electrons. The summed E-state index contributed by atoms with van der Waals surface area (Å²) in [7, 11) is 2.37. The molecule has 0 bridgehead atoms. The predicted molar refractivity (Wildman–Crippen MR) is 54.3 cm³/mol. The molecule has 0 N–H and O–H groups in total. The molecule has 0 atom stereocenters. The smallest absolute Gasteiger partial charge is 0.100 e. The van der Waals surface area contributed by atoms with Crippen LogP contribution in [0.4, 0.5) is 0 Å². The summed E-state index contributed by atoms with van der Waals surface area (Å²) in [6, 6.07) is 0. The maximum absolute atomic E-state index is 3.97.